The summed E-state index contributed by atoms with van der Waals surface area (Å²) in [7, 11) is 0. The van der Waals surface area contributed by atoms with E-state index in [4.69, 9.17) is 17.0 Å². The average Bonchev–Trinajstić information content (AvgIpc) is 2.30. The Morgan fingerprint density at radius 2 is 1.71 bits per heavy atom. The molecule has 86 valence electrons. The van der Waals surface area contributed by atoms with Gasteiger partial charge < -0.3 is 4.74 Å². The standard InChI is InChI=1S/C14H12OS2/c16-14(17)15-13-8-4-7-12(10-13)9-11-5-2-1-3-6-11/h1-8,10H,9H2,(H,16,17). The van der Waals surface area contributed by atoms with E-state index in [1.54, 1.807) is 0 Å². The smallest absolute Gasteiger partial charge is 0.222 e. The molecule has 0 aliphatic heterocycles. The van der Waals surface area contributed by atoms with E-state index in [0.717, 1.165) is 12.2 Å². The van der Waals surface area contributed by atoms with Crippen molar-refractivity contribution in [3.63, 3.8) is 0 Å². The molecule has 0 saturated heterocycles. The molecule has 0 spiro atoms. The first-order valence-electron chi connectivity index (χ1n) is 5.28. The SMILES string of the molecule is S=C(S)Oc1cccc(Cc2ccccc2)c1. The Balaban J connectivity index is 2.14. The Kier molecular flexibility index (Phi) is 4.18. The molecule has 17 heavy (non-hydrogen) atoms. The molecule has 0 radical (unpaired) electrons. The van der Waals surface area contributed by atoms with Gasteiger partial charge in [0, 0.05) is 0 Å². The number of ether oxygens (including phenoxy) is 1. The number of benzene rings is 2. The molecule has 0 bridgehead atoms. The van der Waals surface area contributed by atoms with Gasteiger partial charge in [-0.25, -0.2) is 0 Å². The van der Waals surface area contributed by atoms with Gasteiger partial charge in [-0.15, -0.1) is 0 Å². The molecule has 0 heterocycles. The van der Waals surface area contributed by atoms with Crippen LogP contribution in [0.25, 0.3) is 0 Å². The zero-order chi connectivity index (χ0) is 12.1. The maximum Gasteiger partial charge on any atom is 0.222 e. The van der Waals surface area contributed by atoms with Crippen molar-refractivity contribution >= 4 is 29.2 Å². The normalized spacial score (nSPS) is 9.94. The van der Waals surface area contributed by atoms with E-state index in [9.17, 15) is 0 Å². The quantitative estimate of drug-likeness (QED) is 0.662. The van der Waals surface area contributed by atoms with Crippen LogP contribution >= 0.6 is 24.8 Å². The minimum atomic E-state index is 0.238. The Bertz CT molecular complexity index is 509. The summed E-state index contributed by atoms with van der Waals surface area (Å²) >= 11 is 8.74. The number of thiol groups is 1. The first-order chi connectivity index (χ1) is 8.24. The largest absolute Gasteiger partial charge is 0.440 e. The fourth-order valence-corrected chi connectivity index (χ4v) is 1.85. The molecule has 0 fully saturated rings. The summed E-state index contributed by atoms with van der Waals surface area (Å²) < 4.78 is 5.53. The molecule has 0 saturated carbocycles. The van der Waals surface area contributed by atoms with E-state index in [1.165, 1.54) is 11.1 Å². The lowest BCUT2D eigenvalue weighted by Crippen LogP contribution is -1.96. The third-order valence-corrected chi connectivity index (χ3v) is 2.53. The lowest BCUT2D eigenvalue weighted by molar-refractivity contribution is 0.579. The average molecular weight is 260 g/mol. The second-order valence-electron chi connectivity index (χ2n) is 3.68. The van der Waals surface area contributed by atoms with Gasteiger partial charge in [0.2, 0.25) is 4.38 Å². The van der Waals surface area contributed by atoms with E-state index in [2.05, 4.69) is 30.8 Å². The van der Waals surface area contributed by atoms with Crippen molar-refractivity contribution < 1.29 is 4.74 Å². The maximum absolute atomic E-state index is 5.29. The zero-order valence-corrected chi connectivity index (χ0v) is 10.9. The molecule has 2 aromatic rings. The number of rotatable bonds is 3. The van der Waals surface area contributed by atoms with E-state index in [1.807, 2.05) is 36.4 Å². The predicted octanol–water partition coefficient (Wildman–Crippen LogP) is 3.87. The molecule has 3 heteroatoms. The molecular formula is C14H12OS2. The van der Waals surface area contributed by atoms with Crippen LogP contribution in [0, 0.1) is 0 Å². The Morgan fingerprint density at radius 3 is 2.41 bits per heavy atom. The van der Waals surface area contributed by atoms with Gasteiger partial charge >= 0.3 is 0 Å². The molecular weight excluding hydrogens is 248 g/mol. The molecule has 0 atom stereocenters. The minimum absolute atomic E-state index is 0.238. The second kappa shape index (κ2) is 5.84. The van der Waals surface area contributed by atoms with E-state index < -0.39 is 0 Å². The predicted molar refractivity (Wildman–Crippen MR) is 77.9 cm³/mol. The highest BCUT2D eigenvalue weighted by Gasteiger charge is 1.99. The molecule has 2 rings (SSSR count). The van der Waals surface area contributed by atoms with Gasteiger partial charge in [0.05, 0.1) is 0 Å². The minimum Gasteiger partial charge on any atom is -0.440 e. The van der Waals surface area contributed by atoms with Crippen LogP contribution in [0.1, 0.15) is 11.1 Å². The van der Waals surface area contributed by atoms with E-state index in [0.29, 0.717) is 0 Å². The first kappa shape index (κ1) is 12.1. The van der Waals surface area contributed by atoms with Gasteiger partial charge in [-0.3, -0.25) is 0 Å². The van der Waals surface area contributed by atoms with Crippen LogP contribution in [-0.2, 0) is 6.42 Å². The Labute approximate surface area is 112 Å². The fraction of sp³-hybridized carbons (Fsp3) is 0.0714. The van der Waals surface area contributed by atoms with Crippen LogP contribution in [0.5, 0.6) is 5.75 Å². The first-order valence-corrected chi connectivity index (χ1v) is 6.13. The highest BCUT2D eigenvalue weighted by Crippen LogP contribution is 2.17. The van der Waals surface area contributed by atoms with Gasteiger partial charge in [0.15, 0.2) is 0 Å². The summed E-state index contributed by atoms with van der Waals surface area (Å²) in [5, 5.41) is 0. The molecule has 0 aliphatic carbocycles. The maximum atomic E-state index is 5.29. The lowest BCUT2D eigenvalue weighted by atomic mass is 10.1. The van der Waals surface area contributed by atoms with Gasteiger partial charge in [0.25, 0.3) is 0 Å². The second-order valence-corrected chi connectivity index (χ2v) is 4.76. The lowest BCUT2D eigenvalue weighted by Gasteiger charge is -2.05. The van der Waals surface area contributed by atoms with Gasteiger partial charge in [-0.1, -0.05) is 55.1 Å². The molecule has 0 amide bonds. The van der Waals surface area contributed by atoms with Gasteiger partial charge in [-0.05, 0) is 41.9 Å². The van der Waals surface area contributed by atoms with E-state index >= 15 is 0 Å². The van der Waals surface area contributed by atoms with Crippen molar-refractivity contribution in [1.82, 2.24) is 0 Å². The summed E-state index contributed by atoms with van der Waals surface area (Å²) in [5.41, 5.74) is 2.47. The Morgan fingerprint density at radius 1 is 1.00 bits per heavy atom. The molecule has 0 N–H and O–H groups in total. The number of thiocarbonyl (C=S) groups is 1. The summed E-state index contributed by atoms with van der Waals surface area (Å²) in [6, 6.07) is 18.2. The summed E-state index contributed by atoms with van der Waals surface area (Å²) in [5.74, 6) is 0.735. The van der Waals surface area contributed by atoms with Crippen molar-refractivity contribution in [3.05, 3.63) is 65.7 Å². The van der Waals surface area contributed by atoms with Crippen molar-refractivity contribution in [3.8, 4) is 5.75 Å². The molecule has 0 aliphatic rings. The van der Waals surface area contributed by atoms with E-state index in [-0.39, 0.29) is 4.38 Å². The summed E-state index contributed by atoms with van der Waals surface area (Å²) in [6.45, 7) is 0. The van der Waals surface area contributed by atoms with Crippen LogP contribution < -0.4 is 4.74 Å². The number of hydrogen-bond donors (Lipinski definition) is 1. The van der Waals surface area contributed by atoms with Crippen LogP contribution in [-0.4, -0.2) is 4.38 Å². The van der Waals surface area contributed by atoms with Gasteiger partial charge in [-0.2, -0.15) is 0 Å². The topological polar surface area (TPSA) is 9.23 Å². The molecule has 2 aromatic carbocycles. The monoisotopic (exact) mass is 260 g/mol. The highest BCUT2D eigenvalue weighted by atomic mass is 32.1. The van der Waals surface area contributed by atoms with Crippen LogP contribution in [0.3, 0.4) is 0 Å². The van der Waals surface area contributed by atoms with Crippen molar-refractivity contribution in [1.29, 1.82) is 0 Å². The highest BCUT2D eigenvalue weighted by molar-refractivity contribution is 8.10. The van der Waals surface area contributed by atoms with Crippen molar-refractivity contribution in [2.75, 3.05) is 0 Å². The fourth-order valence-electron chi connectivity index (χ4n) is 1.65. The third kappa shape index (κ3) is 3.88. The molecule has 1 nitrogen and oxygen atoms in total. The van der Waals surface area contributed by atoms with Crippen molar-refractivity contribution in [2.24, 2.45) is 0 Å². The summed E-state index contributed by atoms with van der Waals surface area (Å²) in [6.07, 6.45) is 0.886. The van der Waals surface area contributed by atoms with Crippen LogP contribution in [0.15, 0.2) is 54.6 Å². The van der Waals surface area contributed by atoms with Crippen LogP contribution in [0.4, 0.5) is 0 Å². The zero-order valence-electron chi connectivity index (χ0n) is 9.17. The third-order valence-electron chi connectivity index (χ3n) is 2.35. The number of hydrogen-bond acceptors (Lipinski definition) is 2. The summed E-state index contributed by atoms with van der Waals surface area (Å²) in [4.78, 5) is 0. The van der Waals surface area contributed by atoms with Crippen molar-refractivity contribution in [2.45, 2.75) is 6.42 Å². The molecule has 0 aromatic heterocycles. The molecule has 0 unspecified atom stereocenters. The van der Waals surface area contributed by atoms with Crippen LogP contribution in [0.2, 0.25) is 0 Å². The van der Waals surface area contributed by atoms with Gasteiger partial charge in [0.1, 0.15) is 5.75 Å². The Hall–Kier alpha value is -1.32.